The monoisotopic (exact) mass is 360 g/mol. The largest absolute Gasteiger partial charge is 0.443 e. The van der Waals surface area contributed by atoms with Crippen molar-refractivity contribution in [3.05, 3.63) is 64.7 Å². The fourth-order valence-corrected chi connectivity index (χ4v) is 3.80. The summed E-state index contributed by atoms with van der Waals surface area (Å²) in [6.45, 7) is 15.0. The number of rotatable bonds is 4. The Labute approximate surface area is 153 Å². The van der Waals surface area contributed by atoms with E-state index in [1.54, 1.807) is 0 Å². The first-order chi connectivity index (χ1) is 11.5. The summed E-state index contributed by atoms with van der Waals surface area (Å²) in [5.41, 5.74) is 4.10. The quantitative estimate of drug-likeness (QED) is 0.514. The van der Waals surface area contributed by atoms with Crippen molar-refractivity contribution in [2.24, 2.45) is 0 Å². The molecule has 0 radical (unpaired) electrons. The van der Waals surface area contributed by atoms with Crippen LogP contribution in [0.4, 0.5) is 4.20 Å². The Morgan fingerprint density at radius 2 is 1.36 bits per heavy atom. The van der Waals surface area contributed by atoms with Crippen molar-refractivity contribution in [2.45, 2.75) is 65.5 Å². The Kier molecular flexibility index (Phi) is 5.94. The second kappa shape index (κ2) is 7.46. The van der Waals surface area contributed by atoms with Gasteiger partial charge in [0.05, 0.1) is 6.16 Å². The van der Waals surface area contributed by atoms with E-state index in [1.807, 2.05) is 30.3 Å². The van der Waals surface area contributed by atoms with Crippen LogP contribution in [0.15, 0.2) is 42.5 Å². The summed E-state index contributed by atoms with van der Waals surface area (Å²) >= 11 is 0. The van der Waals surface area contributed by atoms with Crippen molar-refractivity contribution in [2.75, 3.05) is 0 Å². The highest BCUT2D eigenvalue weighted by Gasteiger charge is 2.29. The molecule has 0 bridgehead atoms. The zero-order valence-electron chi connectivity index (χ0n) is 16.5. The van der Waals surface area contributed by atoms with E-state index in [0.717, 1.165) is 22.4 Å². The van der Waals surface area contributed by atoms with Crippen molar-refractivity contribution >= 4 is 8.46 Å². The molecule has 2 aromatic rings. The maximum atomic E-state index is 14.9. The fraction of sp³-hybridized carbons (Fsp3) is 0.455. The van der Waals surface area contributed by atoms with Crippen LogP contribution >= 0.6 is 8.46 Å². The molecule has 0 N–H and O–H groups in total. The topological polar surface area (TPSA) is 9.23 Å². The molecule has 0 amide bonds. The van der Waals surface area contributed by atoms with E-state index in [2.05, 4.69) is 60.6 Å². The van der Waals surface area contributed by atoms with Crippen molar-refractivity contribution in [1.82, 2.24) is 0 Å². The summed E-state index contributed by atoms with van der Waals surface area (Å²) in [7, 11) is -2.07. The third-order valence-corrected chi connectivity index (χ3v) is 5.18. The highest BCUT2D eigenvalue weighted by Crippen LogP contribution is 2.49. The summed E-state index contributed by atoms with van der Waals surface area (Å²) in [5.74, 6) is 0.732. The van der Waals surface area contributed by atoms with Gasteiger partial charge in [0.15, 0.2) is 0 Å². The molecule has 0 aromatic heterocycles. The molecule has 1 unspecified atom stereocenters. The first kappa shape index (κ1) is 19.9. The normalized spacial score (nSPS) is 13.6. The van der Waals surface area contributed by atoms with E-state index >= 15 is 0 Å². The third kappa shape index (κ3) is 5.28. The van der Waals surface area contributed by atoms with Crippen molar-refractivity contribution in [3.8, 4) is 5.75 Å². The first-order valence-corrected chi connectivity index (χ1v) is 10.1. The number of hydrogen-bond acceptors (Lipinski definition) is 1. The van der Waals surface area contributed by atoms with Crippen LogP contribution in [0.25, 0.3) is 0 Å². The molecule has 0 heterocycles. The van der Waals surface area contributed by atoms with Crippen LogP contribution in [0.1, 0.15) is 63.8 Å². The molecule has 0 aliphatic rings. The third-order valence-electron chi connectivity index (χ3n) is 4.19. The van der Waals surface area contributed by atoms with Gasteiger partial charge in [-0.25, -0.2) is 0 Å². The molecule has 1 nitrogen and oxygen atoms in total. The summed E-state index contributed by atoms with van der Waals surface area (Å²) in [6.07, 6.45) is 0.317. The molecule has 0 saturated heterocycles. The smallest absolute Gasteiger partial charge is 0.280 e. The highest BCUT2D eigenvalue weighted by atomic mass is 31.2. The van der Waals surface area contributed by atoms with Gasteiger partial charge in [0.1, 0.15) is 5.75 Å². The highest BCUT2D eigenvalue weighted by molar-refractivity contribution is 7.46. The zero-order valence-corrected chi connectivity index (χ0v) is 17.4. The summed E-state index contributed by atoms with van der Waals surface area (Å²) in [4.78, 5) is 0. The minimum Gasteiger partial charge on any atom is -0.443 e. The molecule has 0 spiro atoms. The van der Waals surface area contributed by atoms with Crippen LogP contribution in [0, 0.1) is 6.92 Å². The minimum atomic E-state index is -2.07. The van der Waals surface area contributed by atoms with Gasteiger partial charge in [-0.15, -0.1) is 0 Å². The molecular weight excluding hydrogens is 330 g/mol. The van der Waals surface area contributed by atoms with Crippen LogP contribution in [0.2, 0.25) is 0 Å². The molecule has 1 atom stereocenters. The second-order valence-corrected chi connectivity index (χ2v) is 9.88. The predicted octanol–water partition coefficient (Wildman–Crippen LogP) is 7.45. The van der Waals surface area contributed by atoms with Crippen molar-refractivity contribution in [1.29, 1.82) is 0 Å². The zero-order chi connectivity index (χ0) is 18.8. The maximum Gasteiger partial charge on any atom is 0.280 e. The van der Waals surface area contributed by atoms with Crippen LogP contribution in [-0.2, 0) is 17.0 Å². The average molecular weight is 360 g/mol. The molecule has 25 heavy (non-hydrogen) atoms. The molecule has 2 aromatic carbocycles. The minimum absolute atomic E-state index is 0.107. The van der Waals surface area contributed by atoms with Crippen molar-refractivity contribution < 1.29 is 8.72 Å². The molecule has 0 saturated carbocycles. The van der Waals surface area contributed by atoms with Gasteiger partial charge in [0, 0.05) is 11.1 Å². The lowest BCUT2D eigenvalue weighted by atomic mass is 9.78. The van der Waals surface area contributed by atoms with Gasteiger partial charge in [-0.1, -0.05) is 89.6 Å². The second-order valence-electron chi connectivity index (χ2n) is 8.74. The number of aryl methyl sites for hydroxylation is 1. The van der Waals surface area contributed by atoms with Gasteiger partial charge in [-0.3, -0.25) is 0 Å². The summed E-state index contributed by atoms with van der Waals surface area (Å²) in [5, 5.41) is 0. The SMILES string of the molecule is Cc1cc(C(C)(C)C)c(OP(F)Cc2ccccc2)c(C(C)(C)C)c1. The summed E-state index contributed by atoms with van der Waals surface area (Å²) < 4.78 is 20.8. The Hall–Kier alpha value is -1.40. The maximum absolute atomic E-state index is 14.9. The molecule has 2 rings (SSSR count). The van der Waals surface area contributed by atoms with Gasteiger partial charge in [0.2, 0.25) is 0 Å². The van der Waals surface area contributed by atoms with Gasteiger partial charge < -0.3 is 4.52 Å². The Morgan fingerprint density at radius 1 is 0.880 bits per heavy atom. The standard InChI is InChI=1S/C22H30FOP/c1-16-13-18(21(2,3)4)20(19(14-16)22(5,6)7)24-25(23)15-17-11-9-8-10-12-17/h8-14H,15H2,1-7H3. The number of benzene rings is 2. The van der Waals surface area contributed by atoms with Gasteiger partial charge in [-0.2, -0.15) is 4.20 Å². The number of hydrogen-bond donors (Lipinski definition) is 0. The van der Waals surface area contributed by atoms with Crippen LogP contribution < -0.4 is 4.52 Å². The van der Waals surface area contributed by atoms with Crippen LogP contribution in [-0.4, -0.2) is 0 Å². The van der Waals surface area contributed by atoms with Gasteiger partial charge >= 0.3 is 0 Å². The van der Waals surface area contributed by atoms with E-state index in [4.69, 9.17) is 4.52 Å². The number of halogens is 1. The van der Waals surface area contributed by atoms with Crippen LogP contribution in [0.5, 0.6) is 5.75 Å². The lowest BCUT2D eigenvalue weighted by molar-refractivity contribution is 0.484. The van der Waals surface area contributed by atoms with Gasteiger partial charge in [-0.05, 0) is 23.3 Å². The average Bonchev–Trinajstić information content (AvgIpc) is 2.47. The Morgan fingerprint density at radius 3 is 1.80 bits per heavy atom. The molecular formula is C22H30FOP. The van der Waals surface area contributed by atoms with E-state index in [9.17, 15) is 4.20 Å². The molecule has 136 valence electrons. The fourth-order valence-electron chi connectivity index (χ4n) is 2.84. The molecule has 0 fully saturated rings. The van der Waals surface area contributed by atoms with E-state index in [1.165, 1.54) is 5.56 Å². The lowest BCUT2D eigenvalue weighted by Gasteiger charge is -2.30. The first-order valence-electron chi connectivity index (χ1n) is 8.79. The Balaban J connectivity index is 2.43. The van der Waals surface area contributed by atoms with E-state index in [0.29, 0.717) is 6.16 Å². The summed E-state index contributed by atoms with van der Waals surface area (Å²) in [6, 6.07) is 14.0. The van der Waals surface area contributed by atoms with E-state index in [-0.39, 0.29) is 10.8 Å². The molecule has 3 heteroatoms. The lowest BCUT2D eigenvalue weighted by Crippen LogP contribution is -2.19. The molecule has 0 aliphatic carbocycles. The molecule has 0 aliphatic heterocycles. The van der Waals surface area contributed by atoms with Gasteiger partial charge in [0.25, 0.3) is 8.46 Å². The van der Waals surface area contributed by atoms with Crippen molar-refractivity contribution in [3.63, 3.8) is 0 Å². The predicted molar refractivity (Wildman–Crippen MR) is 107 cm³/mol. The Bertz CT molecular complexity index is 676. The van der Waals surface area contributed by atoms with E-state index < -0.39 is 8.46 Å². The van der Waals surface area contributed by atoms with Crippen LogP contribution in [0.3, 0.4) is 0 Å².